The van der Waals surface area contributed by atoms with Crippen molar-refractivity contribution in [2.24, 2.45) is 0 Å². The molecule has 29 heavy (non-hydrogen) atoms. The quantitative estimate of drug-likeness (QED) is 0.444. The van der Waals surface area contributed by atoms with Gasteiger partial charge in [0, 0.05) is 22.8 Å². The first kappa shape index (κ1) is 16.9. The van der Waals surface area contributed by atoms with Gasteiger partial charge in [0.2, 0.25) is 11.8 Å². The average Bonchev–Trinajstić information content (AvgIpc) is 3.43. The van der Waals surface area contributed by atoms with Crippen molar-refractivity contribution >= 4 is 16.9 Å². The van der Waals surface area contributed by atoms with Crippen LogP contribution in [-0.4, -0.2) is 26.3 Å². The average molecular weight is 381 g/mol. The summed E-state index contributed by atoms with van der Waals surface area (Å²) in [5, 5.41) is 18.5. The number of aromatic carboxylic acids is 1. The smallest absolute Gasteiger partial charge is 0.335 e. The van der Waals surface area contributed by atoms with Crippen LogP contribution in [0.5, 0.6) is 0 Å². The maximum absolute atomic E-state index is 11.1. The molecule has 5 rings (SSSR count). The molecule has 2 aromatic heterocycles. The van der Waals surface area contributed by atoms with Crippen molar-refractivity contribution in [2.75, 3.05) is 0 Å². The van der Waals surface area contributed by atoms with Crippen LogP contribution < -0.4 is 0 Å². The topological polar surface area (TPSA) is 92.0 Å². The van der Waals surface area contributed by atoms with E-state index in [1.54, 1.807) is 12.1 Å². The highest BCUT2D eigenvalue weighted by atomic mass is 16.4. The number of H-pyrrole nitrogens is 1. The summed E-state index contributed by atoms with van der Waals surface area (Å²) in [4.78, 5) is 14.4. The number of fused-ring (bicyclic) bond motifs is 1. The van der Waals surface area contributed by atoms with Crippen LogP contribution in [0, 0.1) is 0 Å². The molecule has 0 atom stereocenters. The summed E-state index contributed by atoms with van der Waals surface area (Å²) in [6.07, 6.45) is 1.93. The number of benzene rings is 3. The van der Waals surface area contributed by atoms with Gasteiger partial charge in [0.25, 0.3) is 0 Å². The van der Waals surface area contributed by atoms with E-state index in [1.807, 2.05) is 36.5 Å². The van der Waals surface area contributed by atoms with E-state index in [4.69, 9.17) is 9.52 Å². The highest BCUT2D eigenvalue weighted by molar-refractivity contribution is 5.89. The van der Waals surface area contributed by atoms with Crippen molar-refractivity contribution in [3.8, 4) is 34.0 Å². The van der Waals surface area contributed by atoms with E-state index in [-0.39, 0.29) is 11.5 Å². The minimum atomic E-state index is -1.00. The lowest BCUT2D eigenvalue weighted by atomic mass is 10.0. The minimum absolute atomic E-state index is 0.172. The molecule has 0 saturated carbocycles. The van der Waals surface area contributed by atoms with Gasteiger partial charge in [-0.15, -0.1) is 10.2 Å². The van der Waals surface area contributed by atoms with Crippen LogP contribution in [0.2, 0.25) is 0 Å². The summed E-state index contributed by atoms with van der Waals surface area (Å²) in [5.41, 5.74) is 4.83. The second kappa shape index (κ2) is 6.76. The summed E-state index contributed by atoms with van der Waals surface area (Å²) >= 11 is 0. The molecule has 6 nitrogen and oxygen atoms in total. The Bertz CT molecular complexity index is 1330. The van der Waals surface area contributed by atoms with E-state index in [0.29, 0.717) is 11.5 Å². The second-order valence-electron chi connectivity index (χ2n) is 6.66. The lowest BCUT2D eigenvalue weighted by Crippen LogP contribution is -1.95. The highest BCUT2D eigenvalue weighted by Gasteiger charge is 2.13. The van der Waals surface area contributed by atoms with Crippen LogP contribution in [0.25, 0.3) is 44.9 Å². The van der Waals surface area contributed by atoms with Gasteiger partial charge >= 0.3 is 5.97 Å². The molecule has 6 heteroatoms. The summed E-state index contributed by atoms with van der Waals surface area (Å²) < 4.78 is 5.76. The first-order chi connectivity index (χ1) is 14.2. The standard InChI is InChI=1S/C23H15N3O3/c27-23(28)19-3-1-2-18(12-19)22-26-25-21(29-22)16-7-4-14(5-8-16)17-9-6-15-10-11-24-20(15)13-17/h1-13,24H,(H,27,28). The van der Waals surface area contributed by atoms with Crippen LogP contribution in [0.3, 0.4) is 0 Å². The Labute approximate surface area is 165 Å². The molecule has 0 radical (unpaired) electrons. The van der Waals surface area contributed by atoms with Gasteiger partial charge in [-0.25, -0.2) is 4.79 Å². The van der Waals surface area contributed by atoms with Crippen molar-refractivity contribution in [3.63, 3.8) is 0 Å². The predicted molar refractivity (Wildman–Crippen MR) is 109 cm³/mol. The molecule has 0 bridgehead atoms. The summed E-state index contributed by atoms with van der Waals surface area (Å²) in [5.74, 6) is -0.337. The van der Waals surface area contributed by atoms with Crippen molar-refractivity contribution in [3.05, 3.63) is 84.6 Å². The van der Waals surface area contributed by atoms with Gasteiger partial charge in [0.05, 0.1) is 5.56 Å². The summed E-state index contributed by atoms with van der Waals surface area (Å²) in [6.45, 7) is 0. The zero-order valence-corrected chi connectivity index (χ0v) is 15.2. The third-order valence-electron chi connectivity index (χ3n) is 4.80. The number of hydrogen-bond acceptors (Lipinski definition) is 4. The fraction of sp³-hybridized carbons (Fsp3) is 0. The predicted octanol–water partition coefficient (Wildman–Crippen LogP) is 5.25. The van der Waals surface area contributed by atoms with E-state index in [9.17, 15) is 4.79 Å². The summed E-state index contributed by atoms with van der Waals surface area (Å²) in [6, 6.07) is 22.6. The SMILES string of the molecule is O=C(O)c1cccc(-c2nnc(-c3ccc(-c4ccc5cc[nH]c5c4)cc3)o2)c1. The number of nitrogens with one attached hydrogen (secondary N) is 1. The van der Waals surface area contributed by atoms with Crippen LogP contribution >= 0.6 is 0 Å². The van der Waals surface area contributed by atoms with Crippen molar-refractivity contribution in [1.82, 2.24) is 15.2 Å². The van der Waals surface area contributed by atoms with Gasteiger partial charge in [-0.2, -0.15) is 0 Å². The Morgan fingerprint density at radius 3 is 2.31 bits per heavy atom. The zero-order chi connectivity index (χ0) is 19.8. The molecule has 0 amide bonds. The fourth-order valence-electron chi connectivity index (χ4n) is 3.27. The van der Waals surface area contributed by atoms with Gasteiger partial charge in [0.15, 0.2) is 0 Å². The molecule has 0 unspecified atom stereocenters. The Hall–Kier alpha value is -4.19. The number of carbonyl (C=O) groups is 1. The Kier molecular flexibility index (Phi) is 3.95. The highest BCUT2D eigenvalue weighted by Crippen LogP contribution is 2.28. The van der Waals surface area contributed by atoms with Gasteiger partial charge in [-0.3, -0.25) is 0 Å². The van der Waals surface area contributed by atoms with Crippen LogP contribution in [0.15, 0.2) is 83.4 Å². The van der Waals surface area contributed by atoms with E-state index < -0.39 is 5.97 Å². The van der Waals surface area contributed by atoms with Crippen LogP contribution in [-0.2, 0) is 0 Å². The Balaban J connectivity index is 1.43. The van der Waals surface area contributed by atoms with E-state index >= 15 is 0 Å². The number of carboxylic acids is 1. The van der Waals surface area contributed by atoms with Crippen molar-refractivity contribution < 1.29 is 14.3 Å². The summed E-state index contributed by atoms with van der Waals surface area (Å²) in [7, 11) is 0. The molecule has 0 fully saturated rings. The van der Waals surface area contributed by atoms with Crippen LogP contribution in [0.1, 0.15) is 10.4 Å². The molecule has 0 aliphatic rings. The fourth-order valence-corrected chi connectivity index (χ4v) is 3.27. The number of hydrogen-bond donors (Lipinski definition) is 2. The molecule has 3 aromatic carbocycles. The molecule has 5 aromatic rings. The molecule has 0 aliphatic heterocycles. The van der Waals surface area contributed by atoms with E-state index in [2.05, 4.69) is 33.4 Å². The first-order valence-electron chi connectivity index (χ1n) is 9.02. The maximum atomic E-state index is 11.1. The Morgan fingerprint density at radius 2 is 1.52 bits per heavy atom. The largest absolute Gasteiger partial charge is 0.478 e. The number of aromatic nitrogens is 3. The number of aromatic amines is 1. The van der Waals surface area contributed by atoms with Gasteiger partial charge in [-0.05, 0) is 59.0 Å². The third kappa shape index (κ3) is 3.17. The molecular formula is C23H15N3O3. The van der Waals surface area contributed by atoms with Gasteiger partial charge < -0.3 is 14.5 Å². The normalized spacial score (nSPS) is 11.0. The third-order valence-corrected chi connectivity index (χ3v) is 4.80. The van der Waals surface area contributed by atoms with Gasteiger partial charge in [0.1, 0.15) is 0 Å². The van der Waals surface area contributed by atoms with Gasteiger partial charge in [-0.1, -0.05) is 30.3 Å². The maximum Gasteiger partial charge on any atom is 0.335 e. The lowest BCUT2D eigenvalue weighted by Gasteiger charge is -2.03. The monoisotopic (exact) mass is 381 g/mol. The van der Waals surface area contributed by atoms with E-state index in [1.165, 1.54) is 17.5 Å². The molecule has 2 heterocycles. The molecule has 0 saturated heterocycles. The minimum Gasteiger partial charge on any atom is -0.478 e. The zero-order valence-electron chi connectivity index (χ0n) is 15.2. The molecule has 140 valence electrons. The molecular weight excluding hydrogens is 366 g/mol. The second-order valence-corrected chi connectivity index (χ2v) is 6.66. The van der Waals surface area contributed by atoms with Crippen molar-refractivity contribution in [1.29, 1.82) is 0 Å². The number of carboxylic acid groups (broad SMARTS) is 1. The number of rotatable bonds is 4. The number of nitrogens with zero attached hydrogens (tertiary/aromatic N) is 2. The Morgan fingerprint density at radius 1 is 0.793 bits per heavy atom. The van der Waals surface area contributed by atoms with Crippen LogP contribution in [0.4, 0.5) is 0 Å². The molecule has 2 N–H and O–H groups in total. The first-order valence-corrected chi connectivity index (χ1v) is 9.02. The molecule has 0 aliphatic carbocycles. The van der Waals surface area contributed by atoms with Crippen molar-refractivity contribution in [2.45, 2.75) is 0 Å². The lowest BCUT2D eigenvalue weighted by molar-refractivity contribution is 0.0697. The molecule has 0 spiro atoms. The van der Waals surface area contributed by atoms with E-state index in [0.717, 1.165) is 22.2 Å².